The number of hydrogen-bond donors (Lipinski definition) is 1. The summed E-state index contributed by atoms with van der Waals surface area (Å²) in [5.74, 6) is -0.00176. The number of cyclic esters (lactones) is 1. The Balaban J connectivity index is 2.15. The van der Waals surface area contributed by atoms with Crippen molar-refractivity contribution < 1.29 is 14.3 Å². The van der Waals surface area contributed by atoms with Gasteiger partial charge in [0.2, 0.25) is 5.91 Å². The summed E-state index contributed by atoms with van der Waals surface area (Å²) in [6.45, 7) is 5.76. The quantitative estimate of drug-likeness (QED) is 0.705. The van der Waals surface area contributed by atoms with E-state index >= 15 is 0 Å². The third-order valence-corrected chi connectivity index (χ3v) is 2.05. The van der Waals surface area contributed by atoms with E-state index in [1.54, 1.807) is 4.90 Å². The summed E-state index contributed by atoms with van der Waals surface area (Å²) in [5.41, 5.74) is 0. The highest BCUT2D eigenvalue weighted by Gasteiger charge is 2.21. The zero-order valence-electron chi connectivity index (χ0n) is 8.58. The molecule has 2 amide bonds. The minimum Gasteiger partial charge on any atom is -0.448 e. The minimum atomic E-state index is -0.288. The van der Waals surface area contributed by atoms with Gasteiger partial charge < -0.3 is 15.0 Å². The number of nitrogens with one attached hydrogen (secondary N) is 1. The molecule has 0 aromatic rings. The molecule has 1 saturated heterocycles. The van der Waals surface area contributed by atoms with Gasteiger partial charge in [0, 0.05) is 19.0 Å². The van der Waals surface area contributed by atoms with Crippen molar-refractivity contribution in [1.29, 1.82) is 0 Å². The molecular formula is C9H16N2O3. The van der Waals surface area contributed by atoms with Gasteiger partial charge in [-0.1, -0.05) is 13.8 Å². The van der Waals surface area contributed by atoms with Gasteiger partial charge in [-0.3, -0.25) is 4.79 Å². The highest BCUT2D eigenvalue weighted by Crippen LogP contribution is 2.01. The van der Waals surface area contributed by atoms with Crippen molar-refractivity contribution >= 4 is 12.0 Å². The Morgan fingerprint density at radius 2 is 2.36 bits per heavy atom. The lowest BCUT2D eigenvalue weighted by atomic mass is 10.2. The molecule has 0 bridgehead atoms. The monoisotopic (exact) mass is 200 g/mol. The van der Waals surface area contributed by atoms with E-state index in [1.807, 2.05) is 13.8 Å². The van der Waals surface area contributed by atoms with Crippen LogP contribution in [0.4, 0.5) is 4.79 Å². The summed E-state index contributed by atoms with van der Waals surface area (Å²) in [5, 5.41) is 2.74. The fourth-order valence-electron chi connectivity index (χ4n) is 1.15. The Bertz CT molecular complexity index is 228. The van der Waals surface area contributed by atoms with E-state index in [2.05, 4.69) is 5.32 Å². The Kier molecular flexibility index (Phi) is 3.73. The summed E-state index contributed by atoms with van der Waals surface area (Å²) in [6.07, 6.45) is -0.288. The number of rotatable bonds is 4. The van der Waals surface area contributed by atoms with Crippen LogP contribution in [-0.4, -0.2) is 43.1 Å². The summed E-state index contributed by atoms with van der Waals surface area (Å²) in [7, 11) is 0. The van der Waals surface area contributed by atoms with E-state index < -0.39 is 0 Å². The van der Waals surface area contributed by atoms with Crippen LogP contribution in [0, 0.1) is 5.92 Å². The van der Waals surface area contributed by atoms with E-state index in [1.165, 1.54) is 0 Å². The van der Waals surface area contributed by atoms with E-state index in [9.17, 15) is 9.59 Å². The van der Waals surface area contributed by atoms with Crippen molar-refractivity contribution in [1.82, 2.24) is 10.2 Å². The van der Waals surface area contributed by atoms with E-state index in [4.69, 9.17) is 4.74 Å². The second kappa shape index (κ2) is 4.83. The van der Waals surface area contributed by atoms with Crippen LogP contribution in [0.1, 0.15) is 13.8 Å². The molecule has 0 aromatic carbocycles. The molecule has 1 heterocycles. The highest BCUT2D eigenvalue weighted by molar-refractivity contribution is 5.77. The fraction of sp³-hybridized carbons (Fsp3) is 0.778. The van der Waals surface area contributed by atoms with Crippen LogP contribution in [0.3, 0.4) is 0 Å². The van der Waals surface area contributed by atoms with Gasteiger partial charge in [0.25, 0.3) is 0 Å². The predicted molar refractivity (Wildman–Crippen MR) is 50.8 cm³/mol. The van der Waals surface area contributed by atoms with Gasteiger partial charge in [-0.05, 0) is 0 Å². The molecule has 0 unspecified atom stereocenters. The van der Waals surface area contributed by atoms with E-state index in [-0.39, 0.29) is 17.9 Å². The number of ether oxygens (including phenoxy) is 1. The number of hydrogen-bond acceptors (Lipinski definition) is 3. The number of carbonyl (C=O) groups is 2. The zero-order chi connectivity index (χ0) is 10.6. The van der Waals surface area contributed by atoms with Crippen molar-refractivity contribution in [3.63, 3.8) is 0 Å². The molecule has 0 aliphatic carbocycles. The highest BCUT2D eigenvalue weighted by atomic mass is 16.6. The smallest absolute Gasteiger partial charge is 0.409 e. The Hall–Kier alpha value is -1.26. The molecule has 1 N–H and O–H groups in total. The second-order valence-electron chi connectivity index (χ2n) is 3.55. The second-order valence-corrected chi connectivity index (χ2v) is 3.55. The summed E-state index contributed by atoms with van der Waals surface area (Å²) in [6, 6.07) is 0. The molecule has 0 aromatic heterocycles. The first-order valence-electron chi connectivity index (χ1n) is 4.80. The first-order valence-corrected chi connectivity index (χ1v) is 4.80. The van der Waals surface area contributed by atoms with E-state index in [0.717, 1.165) is 0 Å². The third-order valence-electron chi connectivity index (χ3n) is 2.05. The van der Waals surface area contributed by atoms with Crippen LogP contribution in [0.2, 0.25) is 0 Å². The molecule has 1 fully saturated rings. The molecule has 0 saturated carbocycles. The van der Waals surface area contributed by atoms with Gasteiger partial charge >= 0.3 is 6.09 Å². The Morgan fingerprint density at radius 3 is 2.86 bits per heavy atom. The van der Waals surface area contributed by atoms with Crippen LogP contribution in [0.25, 0.3) is 0 Å². The maximum Gasteiger partial charge on any atom is 0.409 e. The lowest BCUT2D eigenvalue weighted by Gasteiger charge is -2.13. The molecule has 14 heavy (non-hydrogen) atoms. The van der Waals surface area contributed by atoms with Gasteiger partial charge in [-0.15, -0.1) is 0 Å². The van der Waals surface area contributed by atoms with Gasteiger partial charge in [-0.25, -0.2) is 4.79 Å². The first-order chi connectivity index (χ1) is 6.61. The molecule has 1 rings (SSSR count). The largest absolute Gasteiger partial charge is 0.448 e. The normalized spacial score (nSPS) is 15.9. The minimum absolute atomic E-state index is 0.0116. The average molecular weight is 200 g/mol. The number of nitrogens with zero attached hydrogens (tertiary/aromatic N) is 1. The van der Waals surface area contributed by atoms with Crippen LogP contribution in [-0.2, 0) is 9.53 Å². The molecule has 1 aliphatic heterocycles. The summed E-state index contributed by atoms with van der Waals surface area (Å²) < 4.78 is 4.74. The SMILES string of the molecule is CC(C)C(=O)NCCN1CCOC1=O. The number of amides is 2. The molecule has 0 radical (unpaired) electrons. The zero-order valence-corrected chi connectivity index (χ0v) is 8.58. The predicted octanol–water partition coefficient (Wildman–Crippen LogP) is 0.211. The van der Waals surface area contributed by atoms with Crippen LogP contribution in [0.5, 0.6) is 0 Å². The topological polar surface area (TPSA) is 58.6 Å². The summed E-state index contributed by atoms with van der Waals surface area (Å²) in [4.78, 5) is 23.7. The molecular weight excluding hydrogens is 184 g/mol. The van der Waals surface area contributed by atoms with Gasteiger partial charge in [0.15, 0.2) is 0 Å². The fourth-order valence-corrected chi connectivity index (χ4v) is 1.15. The van der Waals surface area contributed by atoms with Crippen LogP contribution >= 0.6 is 0 Å². The third kappa shape index (κ3) is 2.90. The average Bonchev–Trinajstić information content (AvgIpc) is 2.51. The molecule has 5 heteroatoms. The van der Waals surface area contributed by atoms with Gasteiger partial charge in [-0.2, -0.15) is 0 Å². The standard InChI is InChI=1S/C9H16N2O3/c1-7(2)8(12)10-3-4-11-5-6-14-9(11)13/h7H,3-6H2,1-2H3,(H,10,12). The van der Waals surface area contributed by atoms with E-state index in [0.29, 0.717) is 26.2 Å². The van der Waals surface area contributed by atoms with Crippen molar-refractivity contribution in [2.75, 3.05) is 26.2 Å². The molecule has 80 valence electrons. The molecule has 0 atom stereocenters. The lowest BCUT2D eigenvalue weighted by molar-refractivity contribution is -0.124. The molecule has 5 nitrogen and oxygen atoms in total. The van der Waals surface area contributed by atoms with Gasteiger partial charge in [0.05, 0.1) is 6.54 Å². The number of carbonyl (C=O) groups excluding carboxylic acids is 2. The Morgan fingerprint density at radius 1 is 1.64 bits per heavy atom. The van der Waals surface area contributed by atoms with Gasteiger partial charge in [0.1, 0.15) is 6.61 Å². The van der Waals surface area contributed by atoms with Crippen LogP contribution < -0.4 is 5.32 Å². The van der Waals surface area contributed by atoms with Crippen molar-refractivity contribution in [2.45, 2.75) is 13.8 Å². The first kappa shape index (κ1) is 10.8. The van der Waals surface area contributed by atoms with Crippen molar-refractivity contribution in [3.8, 4) is 0 Å². The maximum atomic E-state index is 11.2. The maximum absolute atomic E-state index is 11.2. The van der Waals surface area contributed by atoms with Crippen molar-refractivity contribution in [3.05, 3.63) is 0 Å². The molecule has 1 aliphatic rings. The lowest BCUT2D eigenvalue weighted by Crippen LogP contribution is -2.36. The summed E-state index contributed by atoms with van der Waals surface area (Å²) >= 11 is 0. The van der Waals surface area contributed by atoms with Crippen molar-refractivity contribution in [2.24, 2.45) is 5.92 Å². The van der Waals surface area contributed by atoms with Crippen LogP contribution in [0.15, 0.2) is 0 Å². The Labute approximate surface area is 83.4 Å². The molecule has 0 spiro atoms.